The van der Waals surface area contributed by atoms with Crippen molar-refractivity contribution in [1.82, 2.24) is 16.0 Å². The van der Waals surface area contributed by atoms with Gasteiger partial charge in [-0.1, -0.05) is 42.5 Å². The Morgan fingerprint density at radius 3 is 2.12 bits per heavy atom. The van der Waals surface area contributed by atoms with Gasteiger partial charge in [-0.3, -0.25) is 9.59 Å². The van der Waals surface area contributed by atoms with Gasteiger partial charge in [0.25, 0.3) is 5.91 Å². The van der Waals surface area contributed by atoms with Crippen LogP contribution < -0.4 is 16.0 Å². The van der Waals surface area contributed by atoms with Crippen LogP contribution in [0.25, 0.3) is 11.1 Å². The number of carbonyl (C=O) groups excluding carboxylic acids is 3. The molecular formula is C25H33N3O4. The molecule has 32 heavy (non-hydrogen) atoms. The summed E-state index contributed by atoms with van der Waals surface area (Å²) in [6.45, 7) is 5.85. The fraction of sp³-hybridized carbons (Fsp3) is 0.400. The van der Waals surface area contributed by atoms with Gasteiger partial charge in [-0.2, -0.15) is 0 Å². The second-order valence-electron chi connectivity index (χ2n) is 8.51. The molecule has 2 rings (SSSR count). The first-order valence-electron chi connectivity index (χ1n) is 10.8. The molecule has 0 aliphatic rings. The summed E-state index contributed by atoms with van der Waals surface area (Å²) < 4.78 is 5.19. The van der Waals surface area contributed by atoms with Crippen LogP contribution >= 0.6 is 0 Å². The molecule has 0 aliphatic heterocycles. The SMILES string of the molecule is CNC(=O)[C@H](CCCCNC(=O)OC(C)(C)C)NC(=O)c1ccc(-c2ccccc2)cc1. The zero-order valence-electron chi connectivity index (χ0n) is 19.2. The highest BCUT2D eigenvalue weighted by Gasteiger charge is 2.20. The summed E-state index contributed by atoms with van der Waals surface area (Å²) in [4.78, 5) is 36.6. The highest BCUT2D eigenvalue weighted by molar-refractivity contribution is 5.97. The van der Waals surface area contributed by atoms with Gasteiger partial charge in [0.2, 0.25) is 5.91 Å². The number of alkyl carbamates (subject to hydrolysis) is 1. The lowest BCUT2D eigenvalue weighted by molar-refractivity contribution is -0.122. The number of benzene rings is 2. The topological polar surface area (TPSA) is 96.5 Å². The van der Waals surface area contributed by atoms with Crippen LogP contribution in [0.1, 0.15) is 50.4 Å². The Morgan fingerprint density at radius 2 is 1.53 bits per heavy atom. The van der Waals surface area contributed by atoms with Crippen molar-refractivity contribution in [3.8, 4) is 11.1 Å². The Bertz CT molecular complexity index is 890. The first kappa shape index (κ1) is 24.9. The highest BCUT2D eigenvalue weighted by atomic mass is 16.6. The molecule has 7 heteroatoms. The summed E-state index contributed by atoms with van der Waals surface area (Å²) in [5.41, 5.74) is 2.04. The number of unbranched alkanes of at least 4 members (excludes halogenated alkanes) is 1. The highest BCUT2D eigenvalue weighted by Crippen LogP contribution is 2.19. The zero-order chi connectivity index (χ0) is 23.6. The van der Waals surface area contributed by atoms with Crippen molar-refractivity contribution in [3.05, 3.63) is 60.2 Å². The molecule has 0 radical (unpaired) electrons. The van der Waals surface area contributed by atoms with E-state index in [0.717, 1.165) is 11.1 Å². The van der Waals surface area contributed by atoms with Gasteiger partial charge in [0.05, 0.1) is 0 Å². The van der Waals surface area contributed by atoms with E-state index in [9.17, 15) is 14.4 Å². The summed E-state index contributed by atoms with van der Waals surface area (Å²) in [6, 6.07) is 16.5. The minimum atomic E-state index is -0.650. The molecule has 0 aromatic heterocycles. The molecule has 172 valence electrons. The molecule has 7 nitrogen and oxygen atoms in total. The third kappa shape index (κ3) is 8.41. The molecule has 0 bridgehead atoms. The monoisotopic (exact) mass is 439 g/mol. The van der Waals surface area contributed by atoms with Crippen LogP contribution in [0, 0.1) is 0 Å². The normalized spacial score (nSPS) is 11.9. The van der Waals surface area contributed by atoms with Crippen LogP contribution in [-0.2, 0) is 9.53 Å². The van der Waals surface area contributed by atoms with E-state index in [0.29, 0.717) is 31.4 Å². The van der Waals surface area contributed by atoms with E-state index >= 15 is 0 Å². The number of rotatable bonds is 9. The fourth-order valence-corrected chi connectivity index (χ4v) is 3.11. The van der Waals surface area contributed by atoms with E-state index in [2.05, 4.69) is 16.0 Å². The van der Waals surface area contributed by atoms with Crippen LogP contribution in [-0.4, -0.2) is 43.1 Å². The van der Waals surface area contributed by atoms with Gasteiger partial charge in [-0.25, -0.2) is 4.79 Å². The lowest BCUT2D eigenvalue weighted by Crippen LogP contribution is -2.45. The van der Waals surface area contributed by atoms with Crippen molar-refractivity contribution in [2.75, 3.05) is 13.6 Å². The minimum Gasteiger partial charge on any atom is -0.444 e. The Morgan fingerprint density at radius 1 is 0.906 bits per heavy atom. The van der Waals surface area contributed by atoms with Crippen LogP contribution in [0.2, 0.25) is 0 Å². The molecule has 0 unspecified atom stereocenters. The summed E-state index contributed by atoms with van der Waals surface area (Å²) in [6.07, 6.45) is 1.31. The Balaban J connectivity index is 1.85. The van der Waals surface area contributed by atoms with E-state index in [1.165, 1.54) is 0 Å². The van der Waals surface area contributed by atoms with Gasteiger partial charge in [0, 0.05) is 19.2 Å². The standard InChI is InChI=1S/C25H33N3O4/c1-25(2,3)32-24(31)27-17-9-8-12-21(23(30)26-4)28-22(29)20-15-13-19(14-16-20)18-10-6-5-7-11-18/h5-7,10-11,13-16,21H,8-9,12,17H2,1-4H3,(H,26,30)(H,27,31)(H,28,29)/t21-/m0/s1. The molecule has 3 N–H and O–H groups in total. The Labute approximate surface area is 189 Å². The molecule has 0 saturated heterocycles. The number of carbonyl (C=O) groups is 3. The summed E-state index contributed by atoms with van der Waals surface area (Å²) in [5.74, 6) is -0.551. The van der Waals surface area contributed by atoms with Gasteiger partial charge < -0.3 is 20.7 Å². The molecule has 1 atom stereocenters. The average molecular weight is 440 g/mol. The van der Waals surface area contributed by atoms with Crippen molar-refractivity contribution >= 4 is 17.9 Å². The molecule has 0 aliphatic carbocycles. The van der Waals surface area contributed by atoms with Gasteiger partial charge in [0.15, 0.2) is 0 Å². The largest absolute Gasteiger partial charge is 0.444 e. The van der Waals surface area contributed by atoms with E-state index in [1.54, 1.807) is 40.0 Å². The molecule has 0 heterocycles. The van der Waals surface area contributed by atoms with E-state index in [1.807, 2.05) is 42.5 Å². The van der Waals surface area contributed by atoms with Crippen LogP contribution in [0.4, 0.5) is 4.79 Å². The maximum absolute atomic E-state index is 12.7. The maximum Gasteiger partial charge on any atom is 0.407 e. The van der Waals surface area contributed by atoms with Crippen LogP contribution in [0.5, 0.6) is 0 Å². The van der Waals surface area contributed by atoms with Gasteiger partial charge in [0.1, 0.15) is 11.6 Å². The quantitative estimate of drug-likeness (QED) is 0.517. The lowest BCUT2D eigenvalue weighted by Gasteiger charge is -2.20. The fourth-order valence-electron chi connectivity index (χ4n) is 3.11. The van der Waals surface area contributed by atoms with Crippen molar-refractivity contribution in [2.45, 2.75) is 51.7 Å². The maximum atomic E-state index is 12.7. The van der Waals surface area contributed by atoms with E-state index < -0.39 is 17.7 Å². The molecular weight excluding hydrogens is 406 g/mol. The molecule has 2 aromatic carbocycles. The van der Waals surface area contributed by atoms with Gasteiger partial charge in [-0.15, -0.1) is 0 Å². The molecule has 0 fully saturated rings. The number of ether oxygens (including phenoxy) is 1. The molecule has 3 amide bonds. The molecule has 0 saturated carbocycles. The molecule has 2 aromatic rings. The predicted molar refractivity (Wildman–Crippen MR) is 125 cm³/mol. The van der Waals surface area contributed by atoms with Crippen LogP contribution in [0.15, 0.2) is 54.6 Å². The van der Waals surface area contributed by atoms with Crippen molar-refractivity contribution in [1.29, 1.82) is 0 Å². The lowest BCUT2D eigenvalue weighted by atomic mass is 10.0. The number of amides is 3. The zero-order valence-corrected chi connectivity index (χ0v) is 19.2. The predicted octanol–water partition coefficient (Wildman–Crippen LogP) is 3.89. The number of likely N-dealkylation sites (N-methyl/N-ethyl adjacent to an activating group) is 1. The van der Waals surface area contributed by atoms with Crippen molar-refractivity contribution in [3.63, 3.8) is 0 Å². The number of nitrogens with one attached hydrogen (secondary N) is 3. The van der Waals surface area contributed by atoms with Gasteiger partial charge >= 0.3 is 6.09 Å². The first-order chi connectivity index (χ1) is 15.2. The van der Waals surface area contributed by atoms with Crippen molar-refractivity contribution in [2.24, 2.45) is 0 Å². The summed E-state index contributed by atoms with van der Waals surface area (Å²) in [7, 11) is 1.54. The Hall–Kier alpha value is -3.35. The van der Waals surface area contributed by atoms with E-state index in [4.69, 9.17) is 4.74 Å². The van der Waals surface area contributed by atoms with Crippen molar-refractivity contribution < 1.29 is 19.1 Å². The number of hydrogen-bond acceptors (Lipinski definition) is 4. The second-order valence-corrected chi connectivity index (χ2v) is 8.51. The third-order valence-corrected chi connectivity index (χ3v) is 4.71. The van der Waals surface area contributed by atoms with E-state index in [-0.39, 0.29) is 11.8 Å². The Kier molecular flexibility index (Phi) is 9.25. The first-order valence-corrected chi connectivity index (χ1v) is 10.8. The summed E-state index contributed by atoms with van der Waals surface area (Å²) in [5, 5.41) is 8.10. The average Bonchev–Trinajstić information content (AvgIpc) is 2.77. The van der Waals surface area contributed by atoms with Gasteiger partial charge in [-0.05, 0) is 63.3 Å². The van der Waals surface area contributed by atoms with Crippen LogP contribution in [0.3, 0.4) is 0 Å². The smallest absolute Gasteiger partial charge is 0.407 e. The minimum absolute atomic E-state index is 0.251. The third-order valence-electron chi connectivity index (χ3n) is 4.71. The number of hydrogen-bond donors (Lipinski definition) is 3. The summed E-state index contributed by atoms with van der Waals surface area (Å²) >= 11 is 0. The molecule has 0 spiro atoms. The second kappa shape index (κ2) is 11.9.